The molecule has 0 spiro atoms. The van der Waals surface area contributed by atoms with Gasteiger partial charge in [-0.3, -0.25) is 5.10 Å². The number of aromatic nitrogens is 3. The van der Waals surface area contributed by atoms with Crippen LogP contribution in [-0.4, -0.2) is 15.4 Å². The fourth-order valence-electron chi connectivity index (χ4n) is 1.32. The van der Waals surface area contributed by atoms with E-state index in [-0.39, 0.29) is 0 Å². The quantitative estimate of drug-likeness (QED) is 0.546. The average Bonchev–Trinajstić information content (AvgIpc) is 2.52. The van der Waals surface area contributed by atoms with E-state index in [1.165, 1.54) is 32.1 Å². The molecule has 0 aliphatic heterocycles. The number of thiol groups is 1. The van der Waals surface area contributed by atoms with Gasteiger partial charge in [-0.15, -0.1) is 17.7 Å². The maximum Gasteiger partial charge on any atom is 0.138 e. The smallest absolute Gasteiger partial charge is 0.138 e. The molecule has 1 aromatic rings. The van der Waals surface area contributed by atoms with Crippen LogP contribution in [0.5, 0.6) is 0 Å². The topological polar surface area (TPSA) is 41.6 Å². The summed E-state index contributed by atoms with van der Waals surface area (Å²) in [5, 5.41) is 11.1. The summed E-state index contributed by atoms with van der Waals surface area (Å²) in [5.74, 6) is 0. The van der Waals surface area contributed by atoms with Gasteiger partial charge in [-0.1, -0.05) is 37.8 Å². The van der Waals surface area contributed by atoms with E-state index in [4.69, 9.17) is 0 Å². The monoisotopic (exact) mass is 199 g/mol. The summed E-state index contributed by atoms with van der Waals surface area (Å²) in [6, 6.07) is 0. The van der Waals surface area contributed by atoms with Gasteiger partial charge in [0.05, 0.1) is 5.69 Å². The predicted molar refractivity (Wildman–Crippen MR) is 56.1 cm³/mol. The normalized spacial score (nSPS) is 10.6. The summed E-state index contributed by atoms with van der Waals surface area (Å²) in [5.41, 5.74) is 1.07. The molecule has 0 aromatic carbocycles. The van der Waals surface area contributed by atoms with Crippen LogP contribution in [0.15, 0.2) is 5.03 Å². The molecule has 0 bridgehead atoms. The number of aryl methyl sites for hydroxylation is 1. The van der Waals surface area contributed by atoms with E-state index in [0.29, 0.717) is 0 Å². The third-order valence-electron chi connectivity index (χ3n) is 2.13. The lowest BCUT2D eigenvalue weighted by atomic mass is 10.1. The molecule has 0 radical (unpaired) electrons. The van der Waals surface area contributed by atoms with Gasteiger partial charge >= 0.3 is 0 Å². The molecule has 0 fully saturated rings. The Labute approximate surface area is 84.7 Å². The highest BCUT2D eigenvalue weighted by Crippen LogP contribution is 2.11. The number of hydrogen-bond donors (Lipinski definition) is 2. The van der Waals surface area contributed by atoms with Crippen LogP contribution in [0.3, 0.4) is 0 Å². The molecule has 0 aliphatic rings. The van der Waals surface area contributed by atoms with Crippen molar-refractivity contribution in [3.63, 3.8) is 0 Å². The van der Waals surface area contributed by atoms with Crippen LogP contribution in [0.4, 0.5) is 0 Å². The zero-order chi connectivity index (χ0) is 9.52. The molecule has 13 heavy (non-hydrogen) atoms. The minimum absolute atomic E-state index is 0.746. The first kappa shape index (κ1) is 10.6. The molecule has 1 aromatic heterocycles. The van der Waals surface area contributed by atoms with Crippen LogP contribution in [0.1, 0.15) is 44.7 Å². The Bertz CT molecular complexity index is 235. The van der Waals surface area contributed by atoms with Crippen molar-refractivity contribution in [3.05, 3.63) is 5.69 Å². The summed E-state index contributed by atoms with van der Waals surface area (Å²) < 4.78 is 0. The van der Waals surface area contributed by atoms with E-state index >= 15 is 0 Å². The van der Waals surface area contributed by atoms with Gasteiger partial charge in [0.25, 0.3) is 0 Å². The van der Waals surface area contributed by atoms with Gasteiger partial charge in [-0.2, -0.15) is 0 Å². The molecular formula is C9H17N3S. The van der Waals surface area contributed by atoms with Crippen molar-refractivity contribution in [1.82, 2.24) is 15.4 Å². The maximum absolute atomic E-state index is 4.19. The highest BCUT2D eigenvalue weighted by atomic mass is 32.1. The minimum atomic E-state index is 0.746. The number of nitrogens with one attached hydrogen (secondary N) is 1. The van der Waals surface area contributed by atoms with Crippen molar-refractivity contribution in [2.75, 3.05) is 0 Å². The molecule has 3 nitrogen and oxygen atoms in total. The molecule has 0 amide bonds. The van der Waals surface area contributed by atoms with Crippen LogP contribution in [0.25, 0.3) is 0 Å². The van der Waals surface area contributed by atoms with Gasteiger partial charge in [0.1, 0.15) is 5.03 Å². The van der Waals surface area contributed by atoms with Crippen LogP contribution in [0, 0.1) is 0 Å². The fourth-order valence-corrected chi connectivity index (χ4v) is 1.52. The molecule has 1 heterocycles. The molecule has 74 valence electrons. The number of nitrogens with zero attached hydrogens (tertiary/aromatic N) is 2. The van der Waals surface area contributed by atoms with Crippen molar-refractivity contribution < 1.29 is 0 Å². The molecule has 0 unspecified atom stereocenters. The Balaban J connectivity index is 2.10. The molecule has 4 heteroatoms. The van der Waals surface area contributed by atoms with E-state index in [1.54, 1.807) is 0 Å². The van der Waals surface area contributed by atoms with E-state index in [2.05, 4.69) is 35.0 Å². The fraction of sp³-hybridized carbons (Fsp3) is 0.778. The zero-order valence-corrected chi connectivity index (χ0v) is 8.98. The van der Waals surface area contributed by atoms with Crippen LogP contribution >= 0.6 is 12.6 Å². The Kier molecular flexibility index (Phi) is 4.90. The van der Waals surface area contributed by atoms with Crippen molar-refractivity contribution in [1.29, 1.82) is 0 Å². The van der Waals surface area contributed by atoms with Crippen molar-refractivity contribution in [2.24, 2.45) is 0 Å². The number of aromatic amines is 1. The van der Waals surface area contributed by atoms with Crippen molar-refractivity contribution >= 4 is 12.6 Å². The number of rotatable bonds is 6. The third-order valence-corrected chi connectivity index (χ3v) is 2.49. The predicted octanol–water partition coefficient (Wildman–Crippen LogP) is 2.61. The maximum atomic E-state index is 4.19. The van der Waals surface area contributed by atoms with Gasteiger partial charge < -0.3 is 0 Å². The van der Waals surface area contributed by atoms with E-state index in [0.717, 1.165) is 17.1 Å². The average molecular weight is 199 g/mol. The first-order chi connectivity index (χ1) is 6.34. The lowest BCUT2D eigenvalue weighted by Gasteiger charge is -1.98. The lowest BCUT2D eigenvalue weighted by molar-refractivity contribution is 0.625. The standard InChI is InChI=1S/C9H17N3S/c1-2-3-4-5-6-7-8-9(13)11-12-10-8/h2-7H2,1H3,(H2,10,11,12,13). The van der Waals surface area contributed by atoms with Crippen molar-refractivity contribution in [2.45, 2.75) is 50.5 Å². The summed E-state index contributed by atoms with van der Waals surface area (Å²) >= 11 is 4.19. The molecule has 1 rings (SSSR count). The zero-order valence-electron chi connectivity index (χ0n) is 8.08. The Morgan fingerprint density at radius 2 is 2.00 bits per heavy atom. The first-order valence-electron chi connectivity index (χ1n) is 4.93. The van der Waals surface area contributed by atoms with E-state index < -0.39 is 0 Å². The molecule has 0 saturated carbocycles. The summed E-state index contributed by atoms with van der Waals surface area (Å²) in [6.45, 7) is 2.23. The Morgan fingerprint density at radius 3 is 2.62 bits per heavy atom. The van der Waals surface area contributed by atoms with Gasteiger partial charge in [-0.05, 0) is 12.8 Å². The molecule has 1 N–H and O–H groups in total. The van der Waals surface area contributed by atoms with E-state index in [1.807, 2.05) is 0 Å². The largest absolute Gasteiger partial charge is 0.261 e. The second-order valence-electron chi connectivity index (χ2n) is 3.28. The van der Waals surface area contributed by atoms with Gasteiger partial charge in [0.15, 0.2) is 0 Å². The first-order valence-corrected chi connectivity index (χ1v) is 5.38. The van der Waals surface area contributed by atoms with Crippen LogP contribution in [-0.2, 0) is 6.42 Å². The Morgan fingerprint density at radius 1 is 1.23 bits per heavy atom. The summed E-state index contributed by atoms with van der Waals surface area (Å²) in [7, 11) is 0. The number of H-pyrrole nitrogens is 1. The van der Waals surface area contributed by atoms with E-state index in [9.17, 15) is 0 Å². The molecule has 0 atom stereocenters. The van der Waals surface area contributed by atoms with Crippen molar-refractivity contribution in [3.8, 4) is 0 Å². The summed E-state index contributed by atoms with van der Waals surface area (Å²) in [6.07, 6.45) is 7.49. The van der Waals surface area contributed by atoms with Gasteiger partial charge in [-0.25, -0.2) is 0 Å². The van der Waals surface area contributed by atoms with Crippen LogP contribution in [0.2, 0.25) is 0 Å². The molecule has 0 aliphatic carbocycles. The van der Waals surface area contributed by atoms with Gasteiger partial charge in [0, 0.05) is 0 Å². The highest BCUT2D eigenvalue weighted by Gasteiger charge is 2.01. The second-order valence-corrected chi connectivity index (χ2v) is 3.70. The lowest BCUT2D eigenvalue weighted by Crippen LogP contribution is -1.87. The Hall–Kier alpha value is -0.510. The summed E-state index contributed by atoms with van der Waals surface area (Å²) in [4.78, 5) is 0. The molecule has 0 saturated heterocycles. The molecular weight excluding hydrogens is 182 g/mol. The minimum Gasteiger partial charge on any atom is -0.261 e. The number of unbranched alkanes of at least 4 members (excludes halogenated alkanes) is 4. The second kappa shape index (κ2) is 6.02. The highest BCUT2D eigenvalue weighted by molar-refractivity contribution is 7.80. The van der Waals surface area contributed by atoms with Gasteiger partial charge in [0.2, 0.25) is 0 Å². The SMILES string of the molecule is CCCCCCCc1[nH]nnc1S. The third kappa shape index (κ3) is 3.81. The number of hydrogen-bond acceptors (Lipinski definition) is 3. The van der Waals surface area contributed by atoms with Crippen LogP contribution < -0.4 is 0 Å².